The van der Waals surface area contributed by atoms with Crippen LogP contribution in [0, 0.1) is 5.82 Å². The summed E-state index contributed by atoms with van der Waals surface area (Å²) in [6.45, 7) is 2.89. The van der Waals surface area contributed by atoms with Crippen LogP contribution in [0.15, 0.2) is 47.6 Å². The zero-order valence-electron chi connectivity index (χ0n) is 19.8. The van der Waals surface area contributed by atoms with Crippen LogP contribution in [0.2, 0.25) is 0 Å². The molecule has 2 aromatic carbocycles. The molecular formula is C25H29FN4O5. The maximum absolute atomic E-state index is 14.6. The Morgan fingerprint density at radius 3 is 2.80 bits per heavy atom. The van der Waals surface area contributed by atoms with Gasteiger partial charge < -0.3 is 24.4 Å². The lowest BCUT2D eigenvalue weighted by atomic mass is 9.97. The molecule has 2 heterocycles. The number of nitrogens with one attached hydrogen (secondary N) is 1. The number of nitrogens with zero attached hydrogens (tertiary/aromatic N) is 3. The van der Waals surface area contributed by atoms with Crippen molar-refractivity contribution in [2.75, 3.05) is 40.1 Å². The van der Waals surface area contributed by atoms with Gasteiger partial charge in [-0.15, -0.1) is 0 Å². The van der Waals surface area contributed by atoms with Gasteiger partial charge in [-0.2, -0.15) is 5.10 Å². The van der Waals surface area contributed by atoms with Gasteiger partial charge in [0, 0.05) is 32.2 Å². The average Bonchev–Trinajstić information content (AvgIpc) is 3.52. The third kappa shape index (κ3) is 5.54. The van der Waals surface area contributed by atoms with Crippen LogP contribution in [0.3, 0.4) is 0 Å². The number of ether oxygens (including phenoxy) is 3. The molecule has 35 heavy (non-hydrogen) atoms. The maximum atomic E-state index is 14.6. The molecule has 0 saturated heterocycles. The number of amides is 3. The van der Waals surface area contributed by atoms with Gasteiger partial charge in [-0.25, -0.2) is 14.2 Å². The van der Waals surface area contributed by atoms with Gasteiger partial charge in [0.2, 0.25) is 6.79 Å². The summed E-state index contributed by atoms with van der Waals surface area (Å²) in [5.74, 6) is 0.403. The van der Waals surface area contributed by atoms with E-state index in [1.807, 2.05) is 19.1 Å². The standard InChI is InChI=1S/C25H29FN4O5/c1-3-10-27-25(32)29(11-12-33-2)15-24(31)30-21(17-8-9-22-23(13-17)35-16-34-22)14-20(28-30)18-6-4-5-7-19(18)26/h4-9,13,21H,3,10-12,14-16H2,1-2H3,(H,27,32)/t21-/m1/s1. The van der Waals surface area contributed by atoms with E-state index in [0.29, 0.717) is 35.7 Å². The number of hydrogen-bond donors (Lipinski definition) is 1. The molecule has 2 aromatic rings. The van der Waals surface area contributed by atoms with Crippen molar-refractivity contribution in [3.8, 4) is 11.5 Å². The highest BCUT2D eigenvalue weighted by atomic mass is 19.1. The smallest absolute Gasteiger partial charge is 0.317 e. The number of carbonyl (C=O) groups is 2. The fourth-order valence-corrected chi connectivity index (χ4v) is 4.01. The van der Waals surface area contributed by atoms with Gasteiger partial charge in [0.25, 0.3) is 5.91 Å². The molecule has 186 valence electrons. The fourth-order valence-electron chi connectivity index (χ4n) is 4.01. The minimum Gasteiger partial charge on any atom is -0.454 e. The molecule has 4 rings (SSSR count). The van der Waals surface area contributed by atoms with Crippen molar-refractivity contribution in [1.29, 1.82) is 0 Å². The summed E-state index contributed by atoms with van der Waals surface area (Å²) in [7, 11) is 1.53. The van der Waals surface area contributed by atoms with Gasteiger partial charge >= 0.3 is 6.03 Å². The van der Waals surface area contributed by atoms with Gasteiger partial charge in [-0.05, 0) is 30.2 Å². The Morgan fingerprint density at radius 1 is 1.23 bits per heavy atom. The van der Waals surface area contributed by atoms with Crippen LogP contribution in [-0.4, -0.2) is 67.7 Å². The first-order valence-electron chi connectivity index (χ1n) is 11.6. The molecule has 9 nitrogen and oxygen atoms in total. The van der Waals surface area contributed by atoms with Crippen molar-refractivity contribution in [1.82, 2.24) is 15.2 Å². The van der Waals surface area contributed by atoms with Gasteiger partial charge in [0.1, 0.15) is 12.4 Å². The second kappa shape index (κ2) is 11.2. The summed E-state index contributed by atoms with van der Waals surface area (Å²) in [5.41, 5.74) is 1.57. The second-order valence-corrected chi connectivity index (χ2v) is 8.24. The SMILES string of the molecule is CCCNC(=O)N(CCOC)CC(=O)N1N=C(c2ccccc2F)C[C@@H]1c1ccc2c(c1)OCO2. The molecule has 0 bridgehead atoms. The molecule has 3 amide bonds. The summed E-state index contributed by atoms with van der Waals surface area (Å²) in [6, 6.07) is 10.9. The first kappa shape index (κ1) is 24.5. The van der Waals surface area contributed by atoms with Crippen molar-refractivity contribution in [2.45, 2.75) is 25.8 Å². The Morgan fingerprint density at radius 2 is 2.03 bits per heavy atom. The highest BCUT2D eigenvalue weighted by Gasteiger charge is 2.35. The van der Waals surface area contributed by atoms with Crippen molar-refractivity contribution in [2.24, 2.45) is 5.10 Å². The molecule has 1 N–H and O–H groups in total. The fraction of sp³-hybridized carbons (Fsp3) is 0.400. The number of hydrazone groups is 1. The molecule has 0 radical (unpaired) electrons. The zero-order valence-corrected chi connectivity index (χ0v) is 19.8. The topological polar surface area (TPSA) is 92.7 Å². The average molecular weight is 485 g/mol. The summed E-state index contributed by atoms with van der Waals surface area (Å²) in [6.07, 6.45) is 1.08. The normalized spacial score (nSPS) is 16.3. The van der Waals surface area contributed by atoms with E-state index in [0.717, 1.165) is 12.0 Å². The Bertz CT molecular complexity index is 1110. The molecule has 0 unspecified atom stereocenters. The number of fused-ring (bicyclic) bond motifs is 1. The highest BCUT2D eigenvalue weighted by Crippen LogP contribution is 2.39. The third-order valence-electron chi connectivity index (χ3n) is 5.84. The first-order valence-corrected chi connectivity index (χ1v) is 11.6. The Balaban J connectivity index is 1.62. The van der Waals surface area contributed by atoms with Crippen LogP contribution in [0.1, 0.15) is 36.9 Å². The van der Waals surface area contributed by atoms with Crippen molar-refractivity contribution in [3.05, 3.63) is 59.4 Å². The van der Waals surface area contributed by atoms with Crippen LogP contribution in [0.5, 0.6) is 11.5 Å². The number of benzene rings is 2. The molecule has 10 heteroatoms. The minimum atomic E-state index is -0.491. The molecule has 1 atom stereocenters. The molecule has 0 saturated carbocycles. The molecule has 0 aromatic heterocycles. The largest absolute Gasteiger partial charge is 0.454 e. The van der Waals surface area contributed by atoms with Crippen LogP contribution >= 0.6 is 0 Å². The van der Waals surface area contributed by atoms with Gasteiger partial charge in [-0.3, -0.25) is 4.79 Å². The van der Waals surface area contributed by atoms with E-state index < -0.39 is 11.9 Å². The van der Waals surface area contributed by atoms with Gasteiger partial charge in [0.15, 0.2) is 11.5 Å². The van der Waals surface area contributed by atoms with E-state index in [1.54, 1.807) is 24.3 Å². The lowest BCUT2D eigenvalue weighted by Crippen LogP contribution is -2.47. The van der Waals surface area contributed by atoms with E-state index in [-0.39, 0.29) is 38.4 Å². The predicted molar refractivity (Wildman–Crippen MR) is 127 cm³/mol. The Hall–Kier alpha value is -3.66. The first-order chi connectivity index (χ1) is 17.0. The molecule has 2 aliphatic heterocycles. The highest BCUT2D eigenvalue weighted by molar-refractivity contribution is 6.03. The van der Waals surface area contributed by atoms with Gasteiger partial charge in [0.05, 0.1) is 18.4 Å². The Kier molecular flexibility index (Phi) is 7.81. The monoisotopic (exact) mass is 484 g/mol. The van der Waals surface area contributed by atoms with Crippen molar-refractivity contribution in [3.63, 3.8) is 0 Å². The van der Waals surface area contributed by atoms with Crippen molar-refractivity contribution >= 4 is 17.6 Å². The van der Waals surface area contributed by atoms with E-state index >= 15 is 0 Å². The number of urea groups is 1. The number of carbonyl (C=O) groups excluding carboxylic acids is 2. The van der Waals surface area contributed by atoms with Crippen LogP contribution < -0.4 is 14.8 Å². The molecule has 0 spiro atoms. The minimum absolute atomic E-state index is 0.129. The third-order valence-corrected chi connectivity index (χ3v) is 5.84. The molecule has 0 aliphatic carbocycles. The van der Waals surface area contributed by atoms with E-state index in [2.05, 4.69) is 10.4 Å². The summed E-state index contributed by atoms with van der Waals surface area (Å²) < 4.78 is 30.6. The van der Waals surface area contributed by atoms with Crippen LogP contribution in [-0.2, 0) is 9.53 Å². The van der Waals surface area contributed by atoms with Crippen LogP contribution in [0.25, 0.3) is 0 Å². The summed E-state index contributed by atoms with van der Waals surface area (Å²) >= 11 is 0. The van der Waals surface area contributed by atoms with E-state index in [4.69, 9.17) is 14.2 Å². The Labute approximate surface area is 203 Å². The lowest BCUT2D eigenvalue weighted by molar-refractivity contribution is -0.133. The molecule has 0 fully saturated rings. The molecule has 2 aliphatic rings. The van der Waals surface area contributed by atoms with Crippen LogP contribution in [0.4, 0.5) is 9.18 Å². The predicted octanol–water partition coefficient (Wildman–Crippen LogP) is 3.30. The number of hydrogen-bond acceptors (Lipinski definition) is 6. The van der Waals surface area contributed by atoms with E-state index in [9.17, 15) is 14.0 Å². The lowest BCUT2D eigenvalue weighted by Gasteiger charge is -2.27. The second-order valence-electron chi connectivity index (χ2n) is 8.24. The van der Waals surface area contributed by atoms with Crippen molar-refractivity contribution < 1.29 is 28.2 Å². The molecular weight excluding hydrogens is 455 g/mol. The number of methoxy groups -OCH3 is 1. The maximum Gasteiger partial charge on any atom is 0.317 e. The summed E-state index contributed by atoms with van der Waals surface area (Å²) in [5, 5.41) is 8.66. The van der Waals surface area contributed by atoms with E-state index in [1.165, 1.54) is 23.1 Å². The number of rotatable bonds is 9. The summed E-state index contributed by atoms with van der Waals surface area (Å²) in [4.78, 5) is 27.5. The van der Waals surface area contributed by atoms with Gasteiger partial charge in [-0.1, -0.05) is 31.2 Å². The quantitative estimate of drug-likeness (QED) is 0.590. The zero-order chi connectivity index (χ0) is 24.8. The number of halogens is 1.